The fraction of sp³-hybridized carbons (Fsp3) is 0.100. The van der Waals surface area contributed by atoms with Gasteiger partial charge >= 0.3 is 0 Å². The second-order valence-electron chi connectivity index (χ2n) is 2.92. The van der Waals surface area contributed by atoms with Crippen molar-refractivity contribution in [1.29, 1.82) is 0 Å². The molecule has 3 N–H and O–H groups in total. The SMILES string of the molecule is NCc1cnc2cc(O)ccc2c1. The molecule has 0 fully saturated rings. The van der Waals surface area contributed by atoms with Gasteiger partial charge < -0.3 is 10.8 Å². The minimum Gasteiger partial charge on any atom is -0.508 e. The number of phenols is 1. The number of aromatic nitrogens is 1. The molecule has 13 heavy (non-hydrogen) atoms. The van der Waals surface area contributed by atoms with E-state index in [0.717, 1.165) is 16.5 Å². The third-order valence-electron chi connectivity index (χ3n) is 1.96. The van der Waals surface area contributed by atoms with E-state index in [1.54, 1.807) is 18.3 Å². The molecular weight excluding hydrogens is 164 g/mol. The number of aromatic hydroxyl groups is 1. The van der Waals surface area contributed by atoms with Gasteiger partial charge in [-0.05, 0) is 23.8 Å². The Hall–Kier alpha value is -1.61. The van der Waals surface area contributed by atoms with Crippen molar-refractivity contribution >= 4 is 10.9 Å². The predicted octanol–water partition coefficient (Wildman–Crippen LogP) is 1.40. The summed E-state index contributed by atoms with van der Waals surface area (Å²) in [6.07, 6.45) is 1.72. The van der Waals surface area contributed by atoms with E-state index in [4.69, 9.17) is 5.73 Å². The fourth-order valence-corrected chi connectivity index (χ4v) is 1.27. The van der Waals surface area contributed by atoms with Crippen LogP contribution in [-0.4, -0.2) is 10.1 Å². The number of rotatable bonds is 1. The van der Waals surface area contributed by atoms with E-state index >= 15 is 0 Å². The van der Waals surface area contributed by atoms with Crippen LogP contribution in [0.5, 0.6) is 5.75 Å². The average molecular weight is 174 g/mol. The molecule has 0 saturated carbocycles. The number of nitrogens with two attached hydrogens (primary N) is 1. The lowest BCUT2D eigenvalue weighted by Gasteiger charge is -2.00. The van der Waals surface area contributed by atoms with Crippen molar-refractivity contribution in [2.75, 3.05) is 0 Å². The number of pyridine rings is 1. The Morgan fingerprint density at radius 2 is 2.15 bits per heavy atom. The van der Waals surface area contributed by atoms with E-state index in [2.05, 4.69) is 4.98 Å². The smallest absolute Gasteiger partial charge is 0.117 e. The third kappa shape index (κ3) is 1.46. The van der Waals surface area contributed by atoms with Crippen molar-refractivity contribution in [2.24, 2.45) is 5.73 Å². The van der Waals surface area contributed by atoms with Crippen LogP contribution in [-0.2, 0) is 6.54 Å². The van der Waals surface area contributed by atoms with Crippen LogP contribution < -0.4 is 5.73 Å². The van der Waals surface area contributed by atoms with E-state index in [9.17, 15) is 5.11 Å². The lowest BCUT2D eigenvalue weighted by Crippen LogP contribution is -1.96. The van der Waals surface area contributed by atoms with Crippen LogP contribution in [0.4, 0.5) is 0 Å². The number of benzene rings is 1. The number of fused-ring (bicyclic) bond motifs is 1. The van der Waals surface area contributed by atoms with Gasteiger partial charge in [0.25, 0.3) is 0 Å². The Morgan fingerprint density at radius 1 is 1.31 bits per heavy atom. The molecule has 0 spiro atoms. The highest BCUT2D eigenvalue weighted by molar-refractivity contribution is 5.80. The summed E-state index contributed by atoms with van der Waals surface area (Å²) in [6.45, 7) is 0.490. The molecule has 2 aromatic rings. The van der Waals surface area contributed by atoms with Crippen molar-refractivity contribution in [3.05, 3.63) is 36.0 Å². The molecular formula is C10H10N2O. The first kappa shape index (κ1) is 8.01. The molecule has 0 unspecified atom stereocenters. The largest absolute Gasteiger partial charge is 0.508 e. The summed E-state index contributed by atoms with van der Waals surface area (Å²) in [4.78, 5) is 4.17. The summed E-state index contributed by atoms with van der Waals surface area (Å²) in [5, 5.41) is 10.2. The van der Waals surface area contributed by atoms with Crippen LogP contribution in [0.15, 0.2) is 30.5 Å². The first-order chi connectivity index (χ1) is 6.29. The standard InChI is InChI=1S/C10H10N2O/c11-5-7-3-8-1-2-9(13)4-10(8)12-6-7/h1-4,6,13H,5,11H2. The highest BCUT2D eigenvalue weighted by Gasteiger charge is 1.97. The van der Waals surface area contributed by atoms with E-state index in [0.29, 0.717) is 6.54 Å². The average Bonchev–Trinajstić information content (AvgIpc) is 2.17. The Bertz CT molecular complexity index is 440. The Labute approximate surface area is 75.8 Å². The normalized spacial score (nSPS) is 10.5. The van der Waals surface area contributed by atoms with Gasteiger partial charge in [0.05, 0.1) is 5.52 Å². The highest BCUT2D eigenvalue weighted by Crippen LogP contribution is 2.18. The van der Waals surface area contributed by atoms with Crippen LogP contribution >= 0.6 is 0 Å². The Balaban J connectivity index is 2.66. The molecule has 66 valence electrons. The quantitative estimate of drug-likeness (QED) is 0.687. The summed E-state index contributed by atoms with van der Waals surface area (Å²) in [5.74, 6) is 0.237. The second kappa shape index (κ2) is 3.03. The molecule has 0 aliphatic rings. The van der Waals surface area contributed by atoms with Crippen LogP contribution in [0, 0.1) is 0 Å². The molecule has 2 rings (SSSR count). The zero-order valence-corrected chi connectivity index (χ0v) is 7.07. The van der Waals surface area contributed by atoms with E-state index in [1.807, 2.05) is 12.1 Å². The maximum Gasteiger partial charge on any atom is 0.117 e. The van der Waals surface area contributed by atoms with Crippen molar-refractivity contribution in [1.82, 2.24) is 4.98 Å². The van der Waals surface area contributed by atoms with Crippen LogP contribution in [0.3, 0.4) is 0 Å². The zero-order chi connectivity index (χ0) is 9.26. The molecule has 3 heteroatoms. The second-order valence-corrected chi connectivity index (χ2v) is 2.92. The van der Waals surface area contributed by atoms with Crippen molar-refractivity contribution < 1.29 is 5.11 Å². The first-order valence-electron chi connectivity index (χ1n) is 4.07. The lowest BCUT2D eigenvalue weighted by molar-refractivity contribution is 0.476. The zero-order valence-electron chi connectivity index (χ0n) is 7.07. The molecule has 1 heterocycles. The molecule has 0 bridgehead atoms. The Morgan fingerprint density at radius 3 is 2.92 bits per heavy atom. The molecule has 1 aromatic carbocycles. The first-order valence-corrected chi connectivity index (χ1v) is 4.07. The predicted molar refractivity (Wildman–Crippen MR) is 51.3 cm³/mol. The topological polar surface area (TPSA) is 59.1 Å². The van der Waals surface area contributed by atoms with E-state index in [1.165, 1.54) is 0 Å². The fourth-order valence-electron chi connectivity index (χ4n) is 1.27. The molecule has 0 atom stereocenters. The minimum absolute atomic E-state index is 0.237. The van der Waals surface area contributed by atoms with Gasteiger partial charge in [0.1, 0.15) is 5.75 Å². The molecule has 0 radical (unpaired) electrons. The molecule has 0 aliphatic carbocycles. The van der Waals surface area contributed by atoms with Crippen LogP contribution in [0.25, 0.3) is 10.9 Å². The van der Waals surface area contributed by atoms with Gasteiger partial charge in [0.15, 0.2) is 0 Å². The number of phenolic OH excluding ortho intramolecular Hbond substituents is 1. The molecule has 0 aliphatic heterocycles. The third-order valence-corrected chi connectivity index (χ3v) is 1.96. The van der Waals surface area contributed by atoms with Gasteiger partial charge in [-0.2, -0.15) is 0 Å². The summed E-state index contributed by atoms with van der Waals surface area (Å²) in [6, 6.07) is 7.08. The van der Waals surface area contributed by atoms with Gasteiger partial charge in [-0.1, -0.05) is 0 Å². The monoisotopic (exact) mass is 174 g/mol. The van der Waals surface area contributed by atoms with Gasteiger partial charge in [-0.25, -0.2) is 0 Å². The molecule has 3 nitrogen and oxygen atoms in total. The van der Waals surface area contributed by atoms with Gasteiger partial charge in [-0.15, -0.1) is 0 Å². The van der Waals surface area contributed by atoms with Crippen molar-refractivity contribution in [3.8, 4) is 5.75 Å². The minimum atomic E-state index is 0.237. The number of hydrogen-bond acceptors (Lipinski definition) is 3. The summed E-state index contributed by atoms with van der Waals surface area (Å²) in [5.41, 5.74) is 7.27. The summed E-state index contributed by atoms with van der Waals surface area (Å²) in [7, 11) is 0. The van der Waals surface area contributed by atoms with Crippen molar-refractivity contribution in [2.45, 2.75) is 6.54 Å². The van der Waals surface area contributed by atoms with E-state index in [-0.39, 0.29) is 5.75 Å². The maximum absolute atomic E-state index is 9.19. The van der Waals surface area contributed by atoms with E-state index < -0.39 is 0 Å². The maximum atomic E-state index is 9.19. The van der Waals surface area contributed by atoms with Crippen molar-refractivity contribution in [3.63, 3.8) is 0 Å². The number of nitrogens with zero attached hydrogens (tertiary/aromatic N) is 1. The van der Waals surface area contributed by atoms with Gasteiger partial charge in [-0.3, -0.25) is 4.98 Å². The van der Waals surface area contributed by atoms with Gasteiger partial charge in [0, 0.05) is 24.2 Å². The van der Waals surface area contributed by atoms with Crippen LogP contribution in [0.2, 0.25) is 0 Å². The molecule has 1 aromatic heterocycles. The summed E-state index contributed by atoms with van der Waals surface area (Å²) < 4.78 is 0. The highest BCUT2D eigenvalue weighted by atomic mass is 16.3. The number of hydrogen-bond donors (Lipinski definition) is 2. The lowest BCUT2D eigenvalue weighted by atomic mass is 10.1. The van der Waals surface area contributed by atoms with Gasteiger partial charge in [0.2, 0.25) is 0 Å². The molecule has 0 saturated heterocycles. The van der Waals surface area contributed by atoms with Crippen LogP contribution in [0.1, 0.15) is 5.56 Å². The summed E-state index contributed by atoms with van der Waals surface area (Å²) >= 11 is 0. The Kier molecular flexibility index (Phi) is 1.87. The molecule has 0 amide bonds.